The van der Waals surface area contributed by atoms with Crippen LogP contribution in [0, 0.1) is 16.7 Å². The van der Waals surface area contributed by atoms with Crippen molar-refractivity contribution in [1.29, 1.82) is 10.8 Å². The predicted molar refractivity (Wildman–Crippen MR) is 139 cm³/mol. The molecule has 0 atom stereocenters. The minimum absolute atomic E-state index is 0.0327. The maximum atomic E-state index is 12.5. The number of hydrogen-bond acceptors (Lipinski definition) is 7. The van der Waals surface area contributed by atoms with Crippen LogP contribution in [0.25, 0.3) is 11.1 Å². The summed E-state index contributed by atoms with van der Waals surface area (Å²) in [6.45, 7) is 4.77. The van der Waals surface area contributed by atoms with E-state index in [9.17, 15) is 9.59 Å². The Labute approximate surface area is 212 Å². The monoisotopic (exact) mass is 493 g/mol. The zero-order chi connectivity index (χ0) is 26.2. The van der Waals surface area contributed by atoms with E-state index in [2.05, 4.69) is 9.80 Å². The second kappa shape index (κ2) is 12.3. The number of ether oxygens (including phenoxy) is 2. The summed E-state index contributed by atoms with van der Waals surface area (Å²) < 4.78 is 9.92. The molecule has 2 aromatic carbocycles. The van der Waals surface area contributed by atoms with Crippen LogP contribution in [0.2, 0.25) is 0 Å². The SMILES string of the molecule is COC(=O)CN(Cc1cc(C(=O)OC)cc(-c2cccc(C(=N)N)c2)c1)CC1CCN(C(C)=N)CC1. The van der Waals surface area contributed by atoms with Crippen molar-refractivity contribution in [3.8, 4) is 11.1 Å². The van der Waals surface area contributed by atoms with E-state index in [0.717, 1.165) is 42.6 Å². The fourth-order valence-corrected chi connectivity index (χ4v) is 4.56. The molecule has 192 valence electrons. The number of nitrogen functional groups attached to an aromatic ring is 1. The van der Waals surface area contributed by atoms with Crippen LogP contribution in [0.1, 0.15) is 41.3 Å². The molecule has 0 saturated carbocycles. The van der Waals surface area contributed by atoms with E-state index in [1.807, 2.05) is 31.2 Å². The van der Waals surface area contributed by atoms with Gasteiger partial charge in [-0.15, -0.1) is 0 Å². The van der Waals surface area contributed by atoms with E-state index in [4.69, 9.17) is 26.0 Å². The molecule has 0 amide bonds. The quantitative estimate of drug-likeness (QED) is 0.278. The average Bonchev–Trinajstić information content (AvgIpc) is 2.88. The second-order valence-electron chi connectivity index (χ2n) is 9.17. The van der Waals surface area contributed by atoms with Crippen LogP contribution in [0.15, 0.2) is 42.5 Å². The minimum Gasteiger partial charge on any atom is -0.468 e. The van der Waals surface area contributed by atoms with Crippen molar-refractivity contribution in [2.75, 3.05) is 40.4 Å². The van der Waals surface area contributed by atoms with Crippen molar-refractivity contribution in [3.63, 3.8) is 0 Å². The lowest BCUT2D eigenvalue weighted by Gasteiger charge is -2.35. The number of benzene rings is 2. The Kier molecular flexibility index (Phi) is 9.19. The number of rotatable bonds is 9. The predicted octanol–water partition coefficient (Wildman–Crippen LogP) is 3.11. The molecule has 9 heteroatoms. The molecule has 0 aliphatic carbocycles. The zero-order valence-corrected chi connectivity index (χ0v) is 21.2. The van der Waals surface area contributed by atoms with Gasteiger partial charge in [0.15, 0.2) is 0 Å². The van der Waals surface area contributed by atoms with Crippen molar-refractivity contribution in [1.82, 2.24) is 9.80 Å². The Morgan fingerprint density at radius 3 is 2.33 bits per heavy atom. The van der Waals surface area contributed by atoms with Crippen molar-refractivity contribution < 1.29 is 19.1 Å². The van der Waals surface area contributed by atoms with Gasteiger partial charge in [-0.1, -0.05) is 18.2 Å². The van der Waals surface area contributed by atoms with Gasteiger partial charge in [0.2, 0.25) is 0 Å². The lowest BCUT2D eigenvalue weighted by Crippen LogP contribution is -2.41. The average molecular weight is 494 g/mol. The van der Waals surface area contributed by atoms with Gasteiger partial charge in [-0.25, -0.2) is 4.79 Å². The van der Waals surface area contributed by atoms with E-state index in [1.165, 1.54) is 14.2 Å². The maximum Gasteiger partial charge on any atom is 0.337 e. The summed E-state index contributed by atoms with van der Waals surface area (Å²) in [5.74, 6) is 0.173. The molecule has 9 nitrogen and oxygen atoms in total. The van der Waals surface area contributed by atoms with Gasteiger partial charge < -0.3 is 20.1 Å². The summed E-state index contributed by atoms with van der Waals surface area (Å²) in [6, 6.07) is 12.8. The molecule has 1 heterocycles. The van der Waals surface area contributed by atoms with Crippen LogP contribution in [0.4, 0.5) is 0 Å². The van der Waals surface area contributed by atoms with Crippen LogP contribution in [-0.4, -0.2) is 73.8 Å². The van der Waals surface area contributed by atoms with Gasteiger partial charge in [-0.05, 0) is 66.6 Å². The van der Waals surface area contributed by atoms with Crippen LogP contribution in [0.3, 0.4) is 0 Å². The zero-order valence-electron chi connectivity index (χ0n) is 21.2. The molecule has 0 spiro atoms. The number of hydrogen-bond donors (Lipinski definition) is 3. The molecule has 4 N–H and O–H groups in total. The molecule has 2 aromatic rings. The smallest absolute Gasteiger partial charge is 0.337 e. The molecule has 0 radical (unpaired) electrons. The number of carbonyl (C=O) groups is 2. The number of nitrogens with two attached hydrogens (primary N) is 1. The third-order valence-corrected chi connectivity index (χ3v) is 6.51. The van der Waals surface area contributed by atoms with E-state index in [1.54, 1.807) is 18.2 Å². The van der Waals surface area contributed by atoms with E-state index in [0.29, 0.717) is 36.0 Å². The number of piperidine rings is 1. The van der Waals surface area contributed by atoms with Crippen molar-refractivity contribution in [3.05, 3.63) is 59.2 Å². The summed E-state index contributed by atoms with van der Waals surface area (Å²) in [6.07, 6.45) is 1.89. The first kappa shape index (κ1) is 26.9. The highest BCUT2D eigenvalue weighted by Crippen LogP contribution is 2.26. The van der Waals surface area contributed by atoms with Crippen LogP contribution < -0.4 is 5.73 Å². The molecular formula is C27H35N5O4. The molecule has 36 heavy (non-hydrogen) atoms. The number of amidine groups is 2. The van der Waals surface area contributed by atoms with Gasteiger partial charge in [0, 0.05) is 31.7 Å². The van der Waals surface area contributed by atoms with E-state index >= 15 is 0 Å². The minimum atomic E-state index is -0.449. The Morgan fingerprint density at radius 2 is 1.72 bits per heavy atom. The Balaban J connectivity index is 1.89. The van der Waals surface area contributed by atoms with Crippen LogP contribution in [-0.2, 0) is 20.8 Å². The highest BCUT2D eigenvalue weighted by molar-refractivity contribution is 5.96. The highest BCUT2D eigenvalue weighted by atomic mass is 16.5. The van der Waals surface area contributed by atoms with Gasteiger partial charge in [0.05, 0.1) is 32.2 Å². The first-order valence-electron chi connectivity index (χ1n) is 12.0. The van der Waals surface area contributed by atoms with Gasteiger partial charge in [0.1, 0.15) is 5.84 Å². The first-order valence-corrected chi connectivity index (χ1v) is 12.0. The lowest BCUT2D eigenvalue weighted by molar-refractivity contribution is -0.142. The standard InChI is InChI=1S/C27H35N5O4/c1-18(28)32-9-7-19(8-10-32)15-31(17-25(33)35-2)16-20-11-23(14-24(12-20)27(34)36-3)21-5-4-6-22(13-21)26(29)30/h4-6,11-14,19,28H,7-10,15-17H2,1-3H3,(H3,29,30). The topological polar surface area (TPSA) is 133 Å². The van der Waals surface area contributed by atoms with Gasteiger partial charge >= 0.3 is 11.9 Å². The molecule has 3 rings (SSSR count). The third kappa shape index (κ3) is 7.14. The number of likely N-dealkylation sites (tertiary alicyclic amines) is 1. The number of methoxy groups -OCH3 is 2. The maximum absolute atomic E-state index is 12.5. The fourth-order valence-electron chi connectivity index (χ4n) is 4.56. The van der Waals surface area contributed by atoms with Crippen molar-refractivity contribution >= 4 is 23.6 Å². The second-order valence-corrected chi connectivity index (χ2v) is 9.17. The number of carbonyl (C=O) groups excluding carboxylic acids is 2. The number of nitrogens with one attached hydrogen (secondary N) is 2. The number of esters is 2. The summed E-state index contributed by atoms with van der Waals surface area (Å²) in [4.78, 5) is 28.8. The van der Waals surface area contributed by atoms with E-state index < -0.39 is 5.97 Å². The Hall–Kier alpha value is -3.72. The molecule has 1 aliphatic heterocycles. The van der Waals surface area contributed by atoms with Crippen LogP contribution >= 0.6 is 0 Å². The molecule has 0 aromatic heterocycles. The highest BCUT2D eigenvalue weighted by Gasteiger charge is 2.23. The summed E-state index contributed by atoms with van der Waals surface area (Å²) in [7, 11) is 2.72. The molecule has 1 aliphatic rings. The summed E-state index contributed by atoms with van der Waals surface area (Å²) >= 11 is 0. The van der Waals surface area contributed by atoms with Crippen LogP contribution in [0.5, 0.6) is 0 Å². The molecular weight excluding hydrogens is 458 g/mol. The molecule has 0 bridgehead atoms. The van der Waals surface area contributed by atoms with Crippen molar-refractivity contribution in [2.24, 2.45) is 11.7 Å². The van der Waals surface area contributed by atoms with Gasteiger partial charge in [-0.2, -0.15) is 0 Å². The number of nitrogens with zero attached hydrogens (tertiary/aromatic N) is 2. The largest absolute Gasteiger partial charge is 0.468 e. The lowest BCUT2D eigenvalue weighted by atomic mass is 9.95. The Bertz CT molecular complexity index is 1120. The fraction of sp³-hybridized carbons (Fsp3) is 0.407. The summed E-state index contributed by atoms with van der Waals surface area (Å²) in [5, 5.41) is 15.6. The third-order valence-electron chi connectivity index (χ3n) is 6.51. The molecule has 1 fully saturated rings. The molecule has 0 unspecified atom stereocenters. The first-order chi connectivity index (χ1) is 17.2. The van der Waals surface area contributed by atoms with Gasteiger partial charge in [0.25, 0.3) is 0 Å². The Morgan fingerprint density at radius 1 is 1.03 bits per heavy atom. The molecule has 1 saturated heterocycles. The van der Waals surface area contributed by atoms with E-state index in [-0.39, 0.29) is 18.3 Å². The van der Waals surface area contributed by atoms with Gasteiger partial charge in [-0.3, -0.25) is 20.5 Å². The normalized spacial score (nSPS) is 13.9. The summed E-state index contributed by atoms with van der Waals surface area (Å²) in [5.41, 5.74) is 9.15. The van der Waals surface area contributed by atoms with Crippen molar-refractivity contribution in [2.45, 2.75) is 26.3 Å².